The van der Waals surface area contributed by atoms with Gasteiger partial charge in [-0.1, -0.05) is 13.8 Å². The number of carboxylic acid groups (broad SMARTS) is 2. The Morgan fingerprint density at radius 1 is 1.04 bits per heavy atom. The molecule has 0 amide bonds. The van der Waals surface area contributed by atoms with Crippen molar-refractivity contribution in [2.45, 2.75) is 44.7 Å². The zero-order valence-electron chi connectivity index (χ0n) is 12.3. The fourth-order valence-electron chi connectivity index (χ4n) is 1.27. The molecule has 1 atom stereocenters. The number of halogens is 6. The van der Waals surface area contributed by atoms with Gasteiger partial charge in [-0.25, -0.2) is 9.59 Å². The minimum atomic E-state index is -5.08. The van der Waals surface area contributed by atoms with Crippen LogP contribution >= 0.6 is 0 Å². The van der Waals surface area contributed by atoms with Crippen molar-refractivity contribution in [2.75, 3.05) is 13.1 Å². The van der Waals surface area contributed by atoms with Gasteiger partial charge in [0.05, 0.1) is 0 Å². The lowest BCUT2D eigenvalue weighted by Crippen LogP contribution is -2.35. The van der Waals surface area contributed by atoms with Gasteiger partial charge in [-0.2, -0.15) is 26.3 Å². The molecular formula is C11H18F6N2O4. The van der Waals surface area contributed by atoms with E-state index < -0.39 is 24.3 Å². The molecule has 0 spiro atoms. The molecule has 0 aliphatic carbocycles. The number of hydrogen-bond acceptors (Lipinski definition) is 4. The van der Waals surface area contributed by atoms with Crippen molar-refractivity contribution < 1.29 is 46.1 Å². The summed E-state index contributed by atoms with van der Waals surface area (Å²) in [4.78, 5) is 17.8. The second kappa shape index (κ2) is 10.3. The molecule has 0 radical (unpaired) electrons. The molecule has 4 N–H and O–H groups in total. The van der Waals surface area contributed by atoms with Crippen molar-refractivity contribution in [3.05, 3.63) is 0 Å². The highest BCUT2D eigenvalue weighted by atomic mass is 19.4. The van der Waals surface area contributed by atoms with Crippen LogP contribution in [0.2, 0.25) is 0 Å². The molecule has 1 rings (SSSR count). The molecule has 0 unspecified atom stereocenters. The van der Waals surface area contributed by atoms with E-state index in [9.17, 15) is 26.3 Å². The molecule has 0 aromatic rings. The Balaban J connectivity index is 0. The van der Waals surface area contributed by atoms with Crippen LogP contribution in [-0.2, 0) is 9.59 Å². The smallest absolute Gasteiger partial charge is 0.475 e. The predicted molar refractivity (Wildman–Crippen MR) is 66.9 cm³/mol. The highest BCUT2D eigenvalue weighted by Gasteiger charge is 2.38. The molecule has 1 aliphatic heterocycles. The first-order chi connectivity index (χ1) is 10.2. The van der Waals surface area contributed by atoms with Crippen LogP contribution in [-0.4, -0.2) is 59.7 Å². The second-order valence-electron chi connectivity index (χ2n) is 4.62. The minimum Gasteiger partial charge on any atom is -0.475 e. The topological polar surface area (TPSA) is 98.7 Å². The molecule has 23 heavy (non-hydrogen) atoms. The van der Waals surface area contributed by atoms with Crippen molar-refractivity contribution in [3.63, 3.8) is 0 Å². The van der Waals surface area contributed by atoms with Gasteiger partial charge in [-0.05, 0) is 13.0 Å². The van der Waals surface area contributed by atoms with Crippen LogP contribution in [0.4, 0.5) is 26.3 Å². The normalized spacial score (nSPS) is 17.7. The van der Waals surface area contributed by atoms with E-state index in [2.05, 4.69) is 24.5 Å². The van der Waals surface area contributed by atoms with Crippen molar-refractivity contribution in [2.24, 2.45) is 0 Å². The summed E-state index contributed by atoms with van der Waals surface area (Å²) in [5.74, 6) is -5.51. The SMILES string of the molecule is CC(C)N[C@H]1CCNC1.O=C(O)C(F)(F)F.O=C(O)C(F)(F)F. The first-order valence-electron chi connectivity index (χ1n) is 6.25. The van der Waals surface area contributed by atoms with Gasteiger partial charge in [0.1, 0.15) is 0 Å². The summed E-state index contributed by atoms with van der Waals surface area (Å²) in [6, 6.07) is 1.36. The second-order valence-corrected chi connectivity index (χ2v) is 4.62. The van der Waals surface area contributed by atoms with E-state index in [-0.39, 0.29) is 0 Å². The Morgan fingerprint density at radius 3 is 1.57 bits per heavy atom. The lowest BCUT2D eigenvalue weighted by atomic mass is 10.2. The van der Waals surface area contributed by atoms with E-state index >= 15 is 0 Å². The van der Waals surface area contributed by atoms with E-state index in [4.69, 9.17) is 19.8 Å². The monoisotopic (exact) mass is 356 g/mol. The fourth-order valence-corrected chi connectivity index (χ4v) is 1.27. The standard InChI is InChI=1S/C7H16N2.2C2HF3O2/c1-6(2)9-7-3-4-8-5-7;2*3-2(4,5)1(6)7/h6-9H,3-5H2,1-2H3;2*(H,6,7)/t7-;;/m0../s1. The minimum absolute atomic E-state index is 0.634. The molecule has 1 heterocycles. The lowest BCUT2D eigenvalue weighted by molar-refractivity contribution is -0.193. The molecule has 0 aromatic heterocycles. The number of rotatable bonds is 2. The number of carbonyl (C=O) groups is 2. The van der Waals surface area contributed by atoms with Gasteiger partial charge in [-0.15, -0.1) is 0 Å². The van der Waals surface area contributed by atoms with Crippen LogP contribution in [0.5, 0.6) is 0 Å². The third-order valence-electron chi connectivity index (χ3n) is 2.11. The zero-order valence-corrected chi connectivity index (χ0v) is 12.3. The Hall–Kier alpha value is -1.56. The van der Waals surface area contributed by atoms with Crippen LogP contribution in [0, 0.1) is 0 Å². The highest BCUT2D eigenvalue weighted by Crippen LogP contribution is 2.13. The Morgan fingerprint density at radius 2 is 1.39 bits per heavy atom. The first-order valence-corrected chi connectivity index (χ1v) is 6.25. The number of nitrogens with one attached hydrogen (secondary N) is 2. The van der Waals surface area contributed by atoms with Gasteiger partial charge >= 0.3 is 24.3 Å². The number of carboxylic acids is 2. The molecule has 1 saturated heterocycles. The van der Waals surface area contributed by atoms with Gasteiger partial charge in [0.2, 0.25) is 0 Å². The summed E-state index contributed by atoms with van der Waals surface area (Å²) in [6.45, 7) is 6.72. The number of alkyl halides is 6. The summed E-state index contributed by atoms with van der Waals surface area (Å²) < 4.78 is 63.5. The first kappa shape index (κ1) is 23.7. The van der Waals surface area contributed by atoms with Gasteiger partial charge in [0.15, 0.2) is 0 Å². The van der Waals surface area contributed by atoms with E-state index in [0.717, 1.165) is 12.6 Å². The fraction of sp³-hybridized carbons (Fsp3) is 0.818. The Kier molecular flexibility index (Phi) is 10.6. The Bertz CT molecular complexity index is 341. The van der Waals surface area contributed by atoms with E-state index in [1.54, 1.807) is 0 Å². The summed E-state index contributed by atoms with van der Waals surface area (Å²) >= 11 is 0. The number of hydrogen-bond donors (Lipinski definition) is 4. The molecule has 138 valence electrons. The van der Waals surface area contributed by atoms with Crippen molar-refractivity contribution in [1.82, 2.24) is 10.6 Å². The quantitative estimate of drug-likeness (QED) is 0.561. The Labute approximate surface area is 127 Å². The van der Waals surface area contributed by atoms with Crippen LogP contribution in [0.25, 0.3) is 0 Å². The predicted octanol–water partition coefficient (Wildman–Crippen LogP) is 1.61. The molecule has 0 bridgehead atoms. The maximum atomic E-state index is 10.6. The van der Waals surface area contributed by atoms with Crippen molar-refractivity contribution in [3.8, 4) is 0 Å². The van der Waals surface area contributed by atoms with Gasteiger partial charge in [0, 0.05) is 18.6 Å². The van der Waals surface area contributed by atoms with E-state index in [1.807, 2.05) is 0 Å². The molecule has 12 heteroatoms. The molecule has 1 aliphatic rings. The maximum absolute atomic E-state index is 10.6. The molecular weight excluding hydrogens is 338 g/mol. The van der Waals surface area contributed by atoms with Crippen LogP contribution < -0.4 is 10.6 Å². The van der Waals surface area contributed by atoms with Gasteiger partial charge in [0.25, 0.3) is 0 Å². The van der Waals surface area contributed by atoms with Crippen molar-refractivity contribution in [1.29, 1.82) is 0 Å². The molecule has 1 fully saturated rings. The van der Waals surface area contributed by atoms with E-state index in [1.165, 1.54) is 13.0 Å². The highest BCUT2D eigenvalue weighted by molar-refractivity contribution is 5.73. The van der Waals surface area contributed by atoms with Crippen molar-refractivity contribution >= 4 is 11.9 Å². The van der Waals surface area contributed by atoms with Gasteiger partial charge < -0.3 is 20.8 Å². The van der Waals surface area contributed by atoms with Gasteiger partial charge in [-0.3, -0.25) is 0 Å². The number of aliphatic carboxylic acids is 2. The zero-order chi connectivity index (χ0) is 18.8. The molecule has 0 aromatic carbocycles. The molecule has 6 nitrogen and oxygen atoms in total. The molecule has 0 saturated carbocycles. The summed E-state index contributed by atoms with van der Waals surface area (Å²) in [5.41, 5.74) is 0. The van der Waals surface area contributed by atoms with Crippen LogP contribution in [0.1, 0.15) is 20.3 Å². The third kappa shape index (κ3) is 15.1. The summed E-state index contributed by atoms with van der Waals surface area (Å²) in [6.07, 6.45) is -8.88. The third-order valence-corrected chi connectivity index (χ3v) is 2.11. The largest absolute Gasteiger partial charge is 0.490 e. The van der Waals surface area contributed by atoms with Crippen LogP contribution in [0.15, 0.2) is 0 Å². The maximum Gasteiger partial charge on any atom is 0.490 e. The van der Waals surface area contributed by atoms with E-state index in [0.29, 0.717) is 6.04 Å². The van der Waals surface area contributed by atoms with Crippen LogP contribution in [0.3, 0.4) is 0 Å². The average Bonchev–Trinajstić information content (AvgIpc) is 2.79. The lowest BCUT2D eigenvalue weighted by Gasteiger charge is -2.13. The summed E-state index contributed by atoms with van der Waals surface area (Å²) in [7, 11) is 0. The summed E-state index contributed by atoms with van der Waals surface area (Å²) in [5, 5.41) is 21.0. The average molecular weight is 356 g/mol.